The summed E-state index contributed by atoms with van der Waals surface area (Å²) in [5, 5.41) is 9.45. The molecule has 1 fully saturated rings. The number of carbonyl (C=O) groups excluding carboxylic acids is 7. The van der Waals surface area contributed by atoms with E-state index in [9.17, 15) is 33.6 Å². The summed E-state index contributed by atoms with van der Waals surface area (Å²) in [5.41, 5.74) is 10.6. The fraction of sp³-hybridized carbons (Fsp3) is 0.447. The number of fused-ring (bicyclic) bond motifs is 1. The number of hydrogen-bond acceptors (Lipinski definition) is 8. The van der Waals surface area contributed by atoms with Crippen LogP contribution in [0.3, 0.4) is 0 Å². The van der Waals surface area contributed by atoms with Crippen molar-refractivity contribution in [2.24, 2.45) is 23.5 Å². The van der Waals surface area contributed by atoms with Crippen LogP contribution in [0.25, 0.3) is 10.2 Å². The lowest BCUT2D eigenvalue weighted by atomic mass is 9.89. The van der Waals surface area contributed by atoms with Gasteiger partial charge in [-0.05, 0) is 68.7 Å². The third-order valence-electron chi connectivity index (χ3n) is 11.4. The first-order valence-electron chi connectivity index (χ1n) is 21.2. The zero-order valence-corrected chi connectivity index (χ0v) is 36.9. The number of amides is 6. The summed E-state index contributed by atoms with van der Waals surface area (Å²) in [6.07, 6.45) is 2.77. The SMILES string of the molecule is Cc1cc(C)[n+](Cc2ccc(NC(=O)[C@H](CCCNC(N)=O)CC(=O)[C@@H](NC(=O)CCCCCN3C(=O)CC(C)C3=O)C(C)C)cc2)c2sc(C(=O)c3ccccc3)c(C)c12. The Kier molecular flexibility index (Phi) is 16.1. The molecule has 0 saturated carbocycles. The van der Waals surface area contributed by atoms with Crippen LogP contribution < -0.4 is 26.3 Å². The van der Waals surface area contributed by atoms with Crippen LogP contribution in [-0.2, 0) is 30.5 Å². The molecule has 2 aromatic heterocycles. The molecule has 3 heterocycles. The van der Waals surface area contributed by atoms with E-state index in [0.717, 1.165) is 37.5 Å². The number of ketones is 2. The summed E-state index contributed by atoms with van der Waals surface area (Å²) in [6.45, 7) is 12.7. The van der Waals surface area contributed by atoms with Crippen LogP contribution in [0.4, 0.5) is 10.5 Å². The Morgan fingerprint density at radius 2 is 1.64 bits per heavy atom. The molecular formula is C47H59N6O7S+. The van der Waals surface area contributed by atoms with Crippen molar-refractivity contribution in [3.63, 3.8) is 0 Å². The molecule has 1 unspecified atom stereocenters. The van der Waals surface area contributed by atoms with E-state index in [1.54, 1.807) is 6.92 Å². The maximum absolute atomic E-state index is 13.8. The summed E-state index contributed by atoms with van der Waals surface area (Å²) < 4.78 is 2.21. The number of Topliss-reactive ketones (excluding diaryl/α,β-unsaturated/α-hetero) is 1. The Morgan fingerprint density at radius 3 is 2.28 bits per heavy atom. The molecule has 13 nitrogen and oxygen atoms in total. The molecular weight excluding hydrogens is 793 g/mol. The Labute approximate surface area is 361 Å². The molecule has 0 bridgehead atoms. The van der Waals surface area contributed by atoms with Gasteiger partial charge in [0.1, 0.15) is 0 Å². The largest absolute Gasteiger partial charge is 0.352 e. The predicted molar refractivity (Wildman–Crippen MR) is 236 cm³/mol. The second-order valence-corrected chi connectivity index (χ2v) is 17.6. The van der Waals surface area contributed by atoms with Crippen LogP contribution >= 0.6 is 11.3 Å². The standard InChI is InChI=1S/C47H58N6O7S/c1-28(2)41(51-38(55)17-11-8-12-23-52-39(56)25-30(4)45(52)59)37(54)26-35(16-13-22-49-47(48)60)44(58)50-36-20-18-33(19-21-36)27-53-31(5)24-29(3)40-32(6)43(61-46(40)53)42(57)34-14-9-7-10-15-34/h7,9-10,14-15,18-21,24,28,30,35,41H,8,11-13,16-17,22-23,25-27H2,1-6H3,(H4-,48,49,50,51,55,58,60)/p+1/t30?,35-,41+/m1/s1. The molecule has 5 rings (SSSR count). The van der Waals surface area contributed by atoms with Crippen molar-refractivity contribution in [1.82, 2.24) is 15.5 Å². The van der Waals surface area contributed by atoms with Gasteiger partial charge < -0.3 is 21.7 Å². The van der Waals surface area contributed by atoms with Crippen LogP contribution in [0.2, 0.25) is 0 Å². The maximum atomic E-state index is 13.8. The molecule has 3 atom stereocenters. The van der Waals surface area contributed by atoms with E-state index in [4.69, 9.17) is 5.73 Å². The molecule has 2 aromatic carbocycles. The van der Waals surface area contributed by atoms with Gasteiger partial charge in [-0.25, -0.2) is 4.79 Å². The molecule has 14 heteroatoms. The Bertz CT molecular complexity index is 2270. The quantitative estimate of drug-likeness (QED) is 0.0321. The summed E-state index contributed by atoms with van der Waals surface area (Å²) in [5.74, 6) is -2.47. The predicted octanol–water partition coefficient (Wildman–Crippen LogP) is 6.45. The number of nitrogens with two attached hydrogens (primary N) is 1. The van der Waals surface area contributed by atoms with Crippen LogP contribution in [0.1, 0.15) is 110 Å². The van der Waals surface area contributed by atoms with Gasteiger partial charge in [0.05, 0.1) is 16.3 Å². The lowest BCUT2D eigenvalue weighted by Gasteiger charge is -2.24. The zero-order chi connectivity index (χ0) is 44.4. The highest BCUT2D eigenvalue weighted by molar-refractivity contribution is 7.20. The fourth-order valence-corrected chi connectivity index (χ4v) is 9.36. The first kappa shape index (κ1) is 46.3. The monoisotopic (exact) mass is 851 g/mol. The number of primary amides is 1. The number of benzene rings is 2. The normalized spacial score (nSPS) is 14.9. The number of thiophene rings is 1. The minimum atomic E-state index is -0.805. The highest BCUT2D eigenvalue weighted by Crippen LogP contribution is 2.33. The van der Waals surface area contributed by atoms with Gasteiger partial charge in [0.2, 0.25) is 29.4 Å². The topological polar surface area (TPSA) is 189 Å². The third-order valence-corrected chi connectivity index (χ3v) is 12.7. The number of nitrogens with one attached hydrogen (secondary N) is 3. The van der Waals surface area contributed by atoms with Gasteiger partial charge in [-0.15, -0.1) is 0 Å². The molecule has 4 aromatic rings. The molecule has 1 aliphatic rings. The lowest BCUT2D eigenvalue weighted by Crippen LogP contribution is -2.45. The van der Waals surface area contributed by atoms with Gasteiger partial charge in [-0.3, -0.25) is 33.7 Å². The summed E-state index contributed by atoms with van der Waals surface area (Å²) >= 11 is 1.50. The van der Waals surface area contributed by atoms with Crippen molar-refractivity contribution < 1.29 is 38.1 Å². The van der Waals surface area contributed by atoms with Crippen molar-refractivity contribution in [2.75, 3.05) is 18.4 Å². The van der Waals surface area contributed by atoms with E-state index in [1.165, 1.54) is 16.2 Å². The molecule has 1 aliphatic heterocycles. The number of nitrogens with zero attached hydrogens (tertiary/aromatic N) is 2. The number of anilines is 1. The molecule has 0 radical (unpaired) electrons. The molecule has 61 heavy (non-hydrogen) atoms. The van der Waals surface area contributed by atoms with E-state index >= 15 is 0 Å². The Morgan fingerprint density at radius 1 is 0.934 bits per heavy atom. The van der Waals surface area contributed by atoms with Crippen molar-refractivity contribution in [3.05, 3.63) is 93.5 Å². The van der Waals surface area contributed by atoms with Gasteiger partial charge in [-0.1, -0.05) is 81.0 Å². The van der Waals surface area contributed by atoms with Gasteiger partial charge in [-0.2, -0.15) is 4.57 Å². The summed E-state index contributed by atoms with van der Waals surface area (Å²) in [4.78, 5) is 92.6. The first-order valence-corrected chi connectivity index (χ1v) is 22.0. The Balaban J connectivity index is 1.22. The van der Waals surface area contributed by atoms with E-state index in [0.29, 0.717) is 56.4 Å². The van der Waals surface area contributed by atoms with Gasteiger partial charge in [0.15, 0.2) is 18.0 Å². The number of urea groups is 1. The number of hydrogen-bond donors (Lipinski definition) is 4. The van der Waals surface area contributed by atoms with Crippen molar-refractivity contribution in [1.29, 1.82) is 0 Å². The molecule has 324 valence electrons. The molecule has 0 spiro atoms. The van der Waals surface area contributed by atoms with Crippen LogP contribution in [0, 0.1) is 38.5 Å². The number of imide groups is 1. The van der Waals surface area contributed by atoms with E-state index < -0.39 is 18.0 Å². The number of aromatic nitrogens is 1. The zero-order valence-electron chi connectivity index (χ0n) is 36.1. The van der Waals surface area contributed by atoms with Crippen LogP contribution in [0.15, 0.2) is 60.7 Å². The third kappa shape index (κ3) is 12.0. The second kappa shape index (κ2) is 21.2. The van der Waals surface area contributed by atoms with Crippen molar-refractivity contribution in [2.45, 2.75) is 105 Å². The van der Waals surface area contributed by atoms with E-state index in [1.807, 2.05) is 75.4 Å². The molecule has 6 amide bonds. The first-order chi connectivity index (χ1) is 29.0. The van der Waals surface area contributed by atoms with Gasteiger partial charge >= 0.3 is 6.03 Å². The maximum Gasteiger partial charge on any atom is 0.312 e. The average molecular weight is 852 g/mol. The minimum Gasteiger partial charge on any atom is -0.352 e. The number of likely N-dealkylation sites (tertiary alicyclic amines) is 1. The second-order valence-electron chi connectivity index (χ2n) is 16.6. The van der Waals surface area contributed by atoms with Gasteiger partial charge in [0.25, 0.3) is 4.83 Å². The number of aryl methyl sites for hydroxylation is 3. The summed E-state index contributed by atoms with van der Waals surface area (Å²) in [6, 6.07) is 17.5. The fourth-order valence-electron chi connectivity index (χ4n) is 7.97. The molecule has 0 aliphatic carbocycles. The summed E-state index contributed by atoms with van der Waals surface area (Å²) in [7, 11) is 0. The average Bonchev–Trinajstić information content (AvgIpc) is 3.69. The van der Waals surface area contributed by atoms with Crippen molar-refractivity contribution >= 4 is 68.5 Å². The lowest BCUT2D eigenvalue weighted by molar-refractivity contribution is -0.666. The number of carbonyl (C=O) groups is 7. The highest BCUT2D eigenvalue weighted by atomic mass is 32.1. The molecule has 1 saturated heterocycles. The minimum absolute atomic E-state index is 0.00248. The van der Waals surface area contributed by atoms with E-state index in [2.05, 4.69) is 40.4 Å². The number of unbranched alkanes of at least 4 members (excludes halogenated alkanes) is 2. The highest BCUT2D eigenvalue weighted by Gasteiger charge is 2.35. The van der Waals surface area contributed by atoms with Crippen LogP contribution in [-0.4, -0.2) is 65.3 Å². The van der Waals surface area contributed by atoms with Gasteiger partial charge in [0, 0.05) is 74.0 Å². The number of pyridine rings is 1. The van der Waals surface area contributed by atoms with Crippen LogP contribution in [0.5, 0.6) is 0 Å². The molecule has 5 N–H and O–H groups in total. The van der Waals surface area contributed by atoms with Crippen molar-refractivity contribution in [3.8, 4) is 0 Å². The van der Waals surface area contributed by atoms with E-state index in [-0.39, 0.29) is 72.8 Å². The number of rotatable bonds is 21. The smallest absolute Gasteiger partial charge is 0.312 e. The Hall–Kier alpha value is -5.76.